The van der Waals surface area contributed by atoms with Crippen molar-refractivity contribution in [3.63, 3.8) is 0 Å². The number of pyridine rings is 1. The second-order valence-corrected chi connectivity index (χ2v) is 5.29. The molecule has 0 radical (unpaired) electrons. The fourth-order valence-electron chi connectivity index (χ4n) is 2.57. The summed E-state index contributed by atoms with van der Waals surface area (Å²) in [5, 5.41) is 7.02. The summed E-state index contributed by atoms with van der Waals surface area (Å²) in [5.41, 5.74) is 1.04. The SMILES string of the molecule is CC(CC1CCCCN1)Nc1ccc(=O)n(C)c1. The van der Waals surface area contributed by atoms with Crippen LogP contribution in [0.3, 0.4) is 0 Å². The van der Waals surface area contributed by atoms with E-state index >= 15 is 0 Å². The highest BCUT2D eigenvalue weighted by Gasteiger charge is 2.15. The fourth-order valence-corrected chi connectivity index (χ4v) is 2.57. The Morgan fingerprint density at radius 2 is 2.33 bits per heavy atom. The summed E-state index contributed by atoms with van der Waals surface area (Å²) in [7, 11) is 1.78. The molecule has 2 heterocycles. The lowest BCUT2D eigenvalue weighted by Gasteiger charge is -2.27. The van der Waals surface area contributed by atoms with Crippen LogP contribution in [0.1, 0.15) is 32.6 Å². The molecule has 1 aliphatic rings. The zero-order chi connectivity index (χ0) is 13.0. The molecule has 1 aromatic heterocycles. The van der Waals surface area contributed by atoms with E-state index in [0.29, 0.717) is 12.1 Å². The van der Waals surface area contributed by atoms with E-state index in [4.69, 9.17) is 0 Å². The van der Waals surface area contributed by atoms with Crippen molar-refractivity contribution in [2.75, 3.05) is 11.9 Å². The summed E-state index contributed by atoms with van der Waals surface area (Å²) < 4.78 is 1.61. The van der Waals surface area contributed by atoms with Crippen LogP contribution in [0.4, 0.5) is 5.69 Å². The van der Waals surface area contributed by atoms with Gasteiger partial charge in [-0.2, -0.15) is 0 Å². The quantitative estimate of drug-likeness (QED) is 0.854. The molecule has 100 valence electrons. The van der Waals surface area contributed by atoms with Gasteiger partial charge in [-0.25, -0.2) is 0 Å². The molecular formula is C14H23N3O. The molecule has 2 N–H and O–H groups in total. The lowest BCUT2D eigenvalue weighted by Crippen LogP contribution is -2.37. The van der Waals surface area contributed by atoms with E-state index in [1.807, 2.05) is 12.3 Å². The van der Waals surface area contributed by atoms with Gasteiger partial charge < -0.3 is 15.2 Å². The predicted molar refractivity (Wildman–Crippen MR) is 75.0 cm³/mol. The fraction of sp³-hybridized carbons (Fsp3) is 0.643. The van der Waals surface area contributed by atoms with Crippen LogP contribution in [0.15, 0.2) is 23.1 Å². The molecule has 0 aliphatic carbocycles. The van der Waals surface area contributed by atoms with Gasteiger partial charge in [-0.1, -0.05) is 6.42 Å². The molecule has 4 nitrogen and oxygen atoms in total. The number of hydrogen-bond acceptors (Lipinski definition) is 3. The van der Waals surface area contributed by atoms with Crippen LogP contribution >= 0.6 is 0 Å². The van der Waals surface area contributed by atoms with Crippen LogP contribution in [-0.4, -0.2) is 23.2 Å². The van der Waals surface area contributed by atoms with Crippen molar-refractivity contribution in [2.45, 2.75) is 44.7 Å². The highest BCUT2D eigenvalue weighted by Crippen LogP contribution is 2.14. The Labute approximate surface area is 108 Å². The van der Waals surface area contributed by atoms with E-state index in [0.717, 1.165) is 18.7 Å². The predicted octanol–water partition coefficient (Wildman–Crippen LogP) is 1.72. The molecule has 0 bridgehead atoms. The zero-order valence-corrected chi connectivity index (χ0v) is 11.3. The largest absolute Gasteiger partial charge is 0.381 e. The van der Waals surface area contributed by atoms with Gasteiger partial charge in [-0.05, 0) is 38.8 Å². The average molecular weight is 249 g/mol. The van der Waals surface area contributed by atoms with Gasteiger partial charge in [0.25, 0.3) is 0 Å². The molecule has 0 amide bonds. The molecule has 1 aliphatic heterocycles. The van der Waals surface area contributed by atoms with Crippen LogP contribution in [0, 0.1) is 0 Å². The van der Waals surface area contributed by atoms with Crippen molar-refractivity contribution >= 4 is 5.69 Å². The number of rotatable bonds is 4. The number of hydrogen-bond donors (Lipinski definition) is 2. The minimum absolute atomic E-state index is 0.0298. The van der Waals surface area contributed by atoms with Crippen LogP contribution in [0.2, 0.25) is 0 Å². The van der Waals surface area contributed by atoms with Gasteiger partial charge in [0.05, 0.1) is 5.69 Å². The third-order valence-corrected chi connectivity index (χ3v) is 3.55. The first-order chi connectivity index (χ1) is 8.65. The van der Waals surface area contributed by atoms with E-state index in [2.05, 4.69) is 17.6 Å². The van der Waals surface area contributed by atoms with Crippen LogP contribution in [0.25, 0.3) is 0 Å². The summed E-state index contributed by atoms with van der Waals surface area (Å²) in [6.07, 6.45) is 6.90. The van der Waals surface area contributed by atoms with E-state index in [9.17, 15) is 4.79 Å². The molecule has 1 saturated heterocycles. The standard InChI is InChI=1S/C14H23N3O/c1-11(9-12-5-3-4-8-15-12)16-13-6-7-14(18)17(2)10-13/h6-7,10-12,15-16H,3-5,8-9H2,1-2H3. The van der Waals surface area contributed by atoms with Gasteiger partial charge >= 0.3 is 0 Å². The average Bonchev–Trinajstić information content (AvgIpc) is 2.35. The maximum absolute atomic E-state index is 11.3. The minimum atomic E-state index is 0.0298. The van der Waals surface area contributed by atoms with Gasteiger partial charge in [0, 0.05) is 31.4 Å². The molecule has 2 unspecified atom stereocenters. The number of piperidine rings is 1. The smallest absolute Gasteiger partial charge is 0.250 e. The maximum Gasteiger partial charge on any atom is 0.250 e. The van der Waals surface area contributed by atoms with Crippen LogP contribution in [0.5, 0.6) is 0 Å². The summed E-state index contributed by atoms with van der Waals surface area (Å²) >= 11 is 0. The Morgan fingerprint density at radius 3 is 3.00 bits per heavy atom. The molecular weight excluding hydrogens is 226 g/mol. The first-order valence-corrected chi connectivity index (χ1v) is 6.82. The molecule has 2 atom stereocenters. The minimum Gasteiger partial charge on any atom is -0.381 e. The second kappa shape index (κ2) is 6.05. The number of nitrogens with zero attached hydrogens (tertiary/aromatic N) is 1. The lowest BCUT2D eigenvalue weighted by atomic mass is 9.99. The zero-order valence-electron chi connectivity index (χ0n) is 11.3. The normalized spacial score (nSPS) is 21.6. The first kappa shape index (κ1) is 13.1. The van der Waals surface area contributed by atoms with Crippen LogP contribution < -0.4 is 16.2 Å². The molecule has 0 saturated carbocycles. The molecule has 0 spiro atoms. The topological polar surface area (TPSA) is 46.1 Å². The Balaban J connectivity index is 1.87. The molecule has 18 heavy (non-hydrogen) atoms. The summed E-state index contributed by atoms with van der Waals surface area (Å²) in [4.78, 5) is 11.3. The number of aromatic nitrogens is 1. The number of anilines is 1. The molecule has 2 rings (SSSR count). The van der Waals surface area contributed by atoms with Crippen molar-refractivity contribution < 1.29 is 0 Å². The third-order valence-electron chi connectivity index (χ3n) is 3.55. The molecule has 1 fully saturated rings. The number of nitrogens with one attached hydrogen (secondary N) is 2. The molecule has 1 aromatic rings. The lowest BCUT2D eigenvalue weighted by molar-refractivity contribution is 0.371. The maximum atomic E-state index is 11.3. The summed E-state index contributed by atoms with van der Waals surface area (Å²) in [6, 6.07) is 4.51. The van der Waals surface area contributed by atoms with Crippen molar-refractivity contribution in [1.29, 1.82) is 0 Å². The van der Waals surface area contributed by atoms with E-state index in [1.54, 1.807) is 17.7 Å². The van der Waals surface area contributed by atoms with E-state index in [-0.39, 0.29) is 5.56 Å². The second-order valence-electron chi connectivity index (χ2n) is 5.29. The molecule has 0 aromatic carbocycles. The molecule has 4 heteroatoms. The Bertz CT molecular complexity index is 435. The van der Waals surface area contributed by atoms with Gasteiger partial charge in [0.1, 0.15) is 0 Å². The highest BCUT2D eigenvalue weighted by molar-refractivity contribution is 5.41. The Kier molecular flexibility index (Phi) is 4.42. The van der Waals surface area contributed by atoms with Gasteiger partial charge in [-0.15, -0.1) is 0 Å². The van der Waals surface area contributed by atoms with Crippen molar-refractivity contribution in [3.8, 4) is 0 Å². The van der Waals surface area contributed by atoms with Gasteiger partial charge in [0.2, 0.25) is 5.56 Å². The van der Waals surface area contributed by atoms with E-state index in [1.165, 1.54) is 19.3 Å². The Hall–Kier alpha value is -1.29. The third kappa shape index (κ3) is 3.60. The van der Waals surface area contributed by atoms with Crippen molar-refractivity contribution in [2.24, 2.45) is 7.05 Å². The first-order valence-electron chi connectivity index (χ1n) is 6.82. The Morgan fingerprint density at radius 1 is 1.50 bits per heavy atom. The van der Waals surface area contributed by atoms with E-state index < -0.39 is 0 Å². The number of aryl methyl sites for hydroxylation is 1. The van der Waals surface area contributed by atoms with Crippen LogP contribution in [-0.2, 0) is 7.05 Å². The highest BCUT2D eigenvalue weighted by atomic mass is 16.1. The monoisotopic (exact) mass is 249 g/mol. The van der Waals surface area contributed by atoms with Gasteiger partial charge in [-0.3, -0.25) is 4.79 Å². The van der Waals surface area contributed by atoms with Crippen molar-refractivity contribution in [1.82, 2.24) is 9.88 Å². The summed E-state index contributed by atoms with van der Waals surface area (Å²) in [6.45, 7) is 3.35. The van der Waals surface area contributed by atoms with Gasteiger partial charge in [0.15, 0.2) is 0 Å². The van der Waals surface area contributed by atoms with Crippen molar-refractivity contribution in [3.05, 3.63) is 28.7 Å². The summed E-state index contributed by atoms with van der Waals surface area (Å²) in [5.74, 6) is 0.